The highest BCUT2D eigenvalue weighted by Gasteiger charge is 2.45. The third kappa shape index (κ3) is 1.96. The molecule has 0 spiro atoms. The first-order valence-electron chi connectivity index (χ1n) is 3.63. The lowest BCUT2D eigenvalue weighted by Crippen LogP contribution is -2.68. The van der Waals surface area contributed by atoms with Gasteiger partial charge in [-0.3, -0.25) is 3.75 Å². The smallest absolute Gasteiger partial charge is 0.349 e. The van der Waals surface area contributed by atoms with E-state index < -0.39 is 0 Å². The Morgan fingerprint density at radius 1 is 1.00 bits per heavy atom. The van der Waals surface area contributed by atoms with E-state index >= 15 is 0 Å². The summed E-state index contributed by atoms with van der Waals surface area (Å²) in [6, 6.07) is 0. The van der Waals surface area contributed by atoms with E-state index in [0.29, 0.717) is 6.98 Å². The molecule has 1 rings (SSSR count). The van der Waals surface area contributed by atoms with Crippen LogP contribution in [0.2, 0.25) is 6.82 Å². The SMILES string of the molecule is CB1N(C)B(Br)N(Br)B(Br)N1C. The molecule has 12 heavy (non-hydrogen) atoms. The van der Waals surface area contributed by atoms with Crippen LogP contribution >= 0.6 is 47.7 Å². The van der Waals surface area contributed by atoms with Crippen molar-refractivity contribution in [3.63, 3.8) is 0 Å². The number of halogens is 3. The molecule has 0 atom stereocenters. The van der Waals surface area contributed by atoms with Gasteiger partial charge >= 0.3 is 11.6 Å². The minimum atomic E-state index is 0.216. The van der Waals surface area contributed by atoms with Crippen molar-refractivity contribution < 1.29 is 0 Å². The second kappa shape index (κ2) is 4.36. The van der Waals surface area contributed by atoms with Gasteiger partial charge in [-0.15, -0.1) is 31.5 Å². The quantitative estimate of drug-likeness (QED) is 0.478. The van der Waals surface area contributed by atoms with Gasteiger partial charge in [0.25, 0.3) is 6.98 Å². The van der Waals surface area contributed by atoms with Crippen molar-refractivity contribution in [3.05, 3.63) is 0 Å². The molecule has 0 radical (unpaired) electrons. The normalized spacial score (nSPS) is 24.0. The lowest BCUT2D eigenvalue weighted by molar-refractivity contribution is 0.625. The molecule has 0 aromatic heterocycles. The second-order valence-corrected chi connectivity index (χ2v) is 5.39. The van der Waals surface area contributed by atoms with E-state index in [4.69, 9.17) is 0 Å². The van der Waals surface area contributed by atoms with Crippen LogP contribution in [0.4, 0.5) is 0 Å². The van der Waals surface area contributed by atoms with Crippen LogP contribution in [-0.2, 0) is 0 Å². The first kappa shape index (κ1) is 11.6. The Morgan fingerprint density at radius 3 is 1.67 bits per heavy atom. The van der Waals surface area contributed by atoms with Gasteiger partial charge < -0.3 is 9.44 Å². The lowest BCUT2D eigenvalue weighted by atomic mass is 9.62. The van der Waals surface area contributed by atoms with Gasteiger partial charge in [-0.25, -0.2) is 0 Å². The molecule has 1 heterocycles. The van der Waals surface area contributed by atoms with Gasteiger partial charge in [0.15, 0.2) is 0 Å². The molecule has 0 saturated carbocycles. The highest BCUT2D eigenvalue weighted by atomic mass is 79.9. The standard InChI is InChI=1S/C3H9B3Br3N3/c1-4-10(2)5(7)12(9)6(8)11(4)3/h1-3H3. The fraction of sp³-hybridized carbons (Fsp3) is 1.00. The van der Waals surface area contributed by atoms with Gasteiger partial charge in [-0.05, 0) is 30.2 Å². The average Bonchev–Trinajstić information content (AvgIpc) is 2.08. The predicted octanol–water partition coefficient (Wildman–Crippen LogP) is 1.35. The maximum absolute atomic E-state index is 3.58. The summed E-state index contributed by atoms with van der Waals surface area (Å²) in [6.07, 6.45) is 0. The van der Waals surface area contributed by atoms with Crippen molar-refractivity contribution in [2.24, 2.45) is 0 Å². The van der Waals surface area contributed by atoms with E-state index in [-0.39, 0.29) is 11.6 Å². The predicted molar refractivity (Wildman–Crippen MR) is 67.3 cm³/mol. The van der Waals surface area contributed by atoms with Crippen molar-refractivity contribution >= 4 is 66.3 Å². The summed E-state index contributed by atoms with van der Waals surface area (Å²) in [5.74, 6) is 0.432. The zero-order valence-electron chi connectivity index (χ0n) is 7.21. The molecule has 0 aliphatic carbocycles. The van der Waals surface area contributed by atoms with Gasteiger partial charge in [0.2, 0.25) is 0 Å². The highest BCUT2D eigenvalue weighted by Crippen LogP contribution is 2.25. The summed E-state index contributed by atoms with van der Waals surface area (Å²) >= 11 is 10.6. The van der Waals surface area contributed by atoms with Gasteiger partial charge in [0, 0.05) is 0 Å². The van der Waals surface area contributed by atoms with Crippen molar-refractivity contribution in [3.8, 4) is 0 Å². The molecule has 66 valence electrons. The maximum atomic E-state index is 3.58. The average molecular weight is 359 g/mol. The molecule has 0 unspecified atom stereocenters. The number of hydrogen-bond acceptors (Lipinski definition) is 3. The van der Waals surface area contributed by atoms with Gasteiger partial charge in [0.1, 0.15) is 0 Å². The monoisotopic (exact) mass is 357 g/mol. The highest BCUT2D eigenvalue weighted by molar-refractivity contribution is 9.27. The van der Waals surface area contributed by atoms with Crippen LogP contribution in [0.15, 0.2) is 0 Å². The zero-order valence-corrected chi connectivity index (χ0v) is 12.0. The molecular weight excluding hydrogens is 350 g/mol. The first-order chi connectivity index (χ1) is 5.46. The molecule has 1 aliphatic rings. The van der Waals surface area contributed by atoms with Crippen LogP contribution in [-0.4, -0.2) is 45.9 Å². The Kier molecular flexibility index (Phi) is 4.21. The van der Waals surface area contributed by atoms with Crippen LogP contribution < -0.4 is 0 Å². The Labute approximate surface area is 99.8 Å². The van der Waals surface area contributed by atoms with Gasteiger partial charge in [-0.1, -0.05) is 6.82 Å². The third-order valence-electron chi connectivity index (χ3n) is 2.26. The molecule has 1 fully saturated rings. The van der Waals surface area contributed by atoms with E-state index in [1.54, 1.807) is 0 Å². The summed E-state index contributed by atoms with van der Waals surface area (Å²) in [7, 11) is 4.15. The summed E-state index contributed by atoms with van der Waals surface area (Å²) in [5.41, 5.74) is 0. The molecule has 1 saturated heterocycles. The first-order valence-corrected chi connectivity index (χ1v) is 6.17. The fourth-order valence-corrected chi connectivity index (χ4v) is 3.12. The van der Waals surface area contributed by atoms with Crippen LogP contribution in [0.1, 0.15) is 0 Å². The number of rotatable bonds is 0. The number of hydrogen-bond donors (Lipinski definition) is 0. The zero-order chi connectivity index (χ0) is 9.46. The molecule has 0 aromatic carbocycles. The van der Waals surface area contributed by atoms with Crippen LogP contribution in [0, 0.1) is 0 Å². The minimum absolute atomic E-state index is 0.216. The van der Waals surface area contributed by atoms with Crippen molar-refractivity contribution in [2.75, 3.05) is 14.1 Å². The van der Waals surface area contributed by atoms with Crippen LogP contribution in [0.5, 0.6) is 0 Å². The fourth-order valence-electron chi connectivity index (χ4n) is 1.09. The Bertz CT molecular complexity index is 116. The summed E-state index contributed by atoms with van der Waals surface area (Å²) in [4.78, 5) is 0. The Hall–Kier alpha value is 1.51. The van der Waals surface area contributed by atoms with Crippen LogP contribution in [0.3, 0.4) is 0 Å². The Morgan fingerprint density at radius 2 is 1.33 bits per heavy atom. The topological polar surface area (TPSA) is 9.72 Å². The van der Waals surface area contributed by atoms with Crippen molar-refractivity contribution in [1.29, 1.82) is 0 Å². The van der Waals surface area contributed by atoms with Crippen molar-refractivity contribution in [1.82, 2.24) is 13.2 Å². The lowest BCUT2D eigenvalue weighted by Gasteiger charge is -2.44. The van der Waals surface area contributed by atoms with E-state index in [9.17, 15) is 0 Å². The van der Waals surface area contributed by atoms with Gasteiger partial charge in [0.05, 0.1) is 0 Å². The molecule has 0 amide bonds. The molecule has 0 aromatic rings. The molecule has 0 bridgehead atoms. The molecule has 1 aliphatic heterocycles. The van der Waals surface area contributed by atoms with E-state index in [1.807, 2.05) is 3.75 Å². The number of nitrogens with zero attached hydrogens (tertiary/aromatic N) is 3. The summed E-state index contributed by atoms with van der Waals surface area (Å²) < 4.78 is 6.45. The summed E-state index contributed by atoms with van der Waals surface area (Å²) in [5, 5.41) is 0. The van der Waals surface area contributed by atoms with E-state index in [2.05, 4.69) is 78.0 Å². The minimum Gasteiger partial charge on any atom is -0.349 e. The van der Waals surface area contributed by atoms with E-state index in [1.165, 1.54) is 0 Å². The van der Waals surface area contributed by atoms with Crippen LogP contribution in [0.25, 0.3) is 0 Å². The maximum Gasteiger partial charge on any atom is 0.380 e. The molecule has 0 N–H and O–H groups in total. The Balaban J connectivity index is 2.76. The summed E-state index contributed by atoms with van der Waals surface area (Å²) in [6.45, 7) is 2.58. The second-order valence-electron chi connectivity index (χ2n) is 2.93. The largest absolute Gasteiger partial charge is 0.380 e. The van der Waals surface area contributed by atoms with Crippen molar-refractivity contribution in [2.45, 2.75) is 6.82 Å². The third-order valence-corrected chi connectivity index (χ3v) is 6.31. The molecule has 3 nitrogen and oxygen atoms in total. The van der Waals surface area contributed by atoms with Gasteiger partial charge in [-0.2, -0.15) is 0 Å². The molecular formula is C3H9B3Br3N3. The molecule has 9 heteroatoms. The van der Waals surface area contributed by atoms with E-state index in [0.717, 1.165) is 0 Å².